The normalized spacial score (nSPS) is 15.5. The highest BCUT2D eigenvalue weighted by atomic mass is 32.2. The van der Waals surface area contributed by atoms with E-state index in [9.17, 15) is 8.42 Å². The first-order valence-electron chi connectivity index (χ1n) is 11.4. The molecule has 3 aromatic rings. The van der Waals surface area contributed by atoms with Crippen molar-refractivity contribution in [3.8, 4) is 0 Å². The lowest BCUT2D eigenvalue weighted by molar-refractivity contribution is 0.399. The zero-order chi connectivity index (χ0) is 22.8. The number of benzene rings is 2. The standard InChI is InChI=1S/C26H33N3O2S/c1-26(2,3)25-24(20-29(27-25)23-16-10-11-17-23)32(30,31)28(18-21-12-6-4-7-13-21)19-22-14-8-5-9-15-22/h4-9,12-15,20,23H,10-11,16-19H2,1-3H3. The minimum atomic E-state index is -3.77. The summed E-state index contributed by atoms with van der Waals surface area (Å²) in [5.74, 6) is 0. The highest BCUT2D eigenvalue weighted by molar-refractivity contribution is 7.89. The second-order valence-corrected chi connectivity index (χ2v) is 11.7. The van der Waals surface area contributed by atoms with Crippen LogP contribution in [-0.2, 0) is 28.5 Å². The summed E-state index contributed by atoms with van der Waals surface area (Å²) < 4.78 is 31.7. The maximum Gasteiger partial charge on any atom is 0.247 e. The lowest BCUT2D eigenvalue weighted by Gasteiger charge is -2.24. The molecule has 5 nitrogen and oxygen atoms in total. The summed E-state index contributed by atoms with van der Waals surface area (Å²) in [6.45, 7) is 6.73. The molecule has 170 valence electrons. The van der Waals surface area contributed by atoms with E-state index in [4.69, 9.17) is 5.10 Å². The average molecular weight is 452 g/mol. The van der Waals surface area contributed by atoms with Crippen molar-refractivity contribution in [3.63, 3.8) is 0 Å². The molecule has 0 aliphatic heterocycles. The summed E-state index contributed by atoms with van der Waals surface area (Å²) >= 11 is 0. The fourth-order valence-corrected chi connectivity index (χ4v) is 6.13. The fourth-order valence-electron chi connectivity index (χ4n) is 4.38. The maximum atomic E-state index is 14.1. The number of sulfonamides is 1. The molecule has 0 saturated heterocycles. The minimum Gasteiger partial charge on any atom is -0.268 e. The van der Waals surface area contributed by atoms with Gasteiger partial charge in [0.05, 0.1) is 11.7 Å². The van der Waals surface area contributed by atoms with Crippen LogP contribution in [0, 0.1) is 0 Å². The molecule has 1 saturated carbocycles. The van der Waals surface area contributed by atoms with Crippen LogP contribution in [0.4, 0.5) is 0 Å². The molecule has 0 N–H and O–H groups in total. The predicted octanol–water partition coefficient (Wildman–Crippen LogP) is 5.69. The quantitative estimate of drug-likeness (QED) is 0.464. The molecule has 1 heterocycles. The van der Waals surface area contributed by atoms with Gasteiger partial charge in [-0.2, -0.15) is 9.40 Å². The molecule has 0 bridgehead atoms. The minimum absolute atomic E-state index is 0.289. The van der Waals surface area contributed by atoms with Crippen molar-refractivity contribution in [2.24, 2.45) is 0 Å². The largest absolute Gasteiger partial charge is 0.268 e. The van der Waals surface area contributed by atoms with E-state index in [0.29, 0.717) is 23.7 Å². The van der Waals surface area contributed by atoms with Crippen LogP contribution >= 0.6 is 0 Å². The zero-order valence-electron chi connectivity index (χ0n) is 19.2. The molecule has 0 unspecified atom stereocenters. The highest BCUT2D eigenvalue weighted by Gasteiger charge is 2.35. The van der Waals surface area contributed by atoms with E-state index in [1.165, 1.54) is 12.8 Å². The van der Waals surface area contributed by atoms with Crippen molar-refractivity contribution in [3.05, 3.63) is 83.7 Å². The Hall–Kier alpha value is -2.44. The Balaban J connectivity index is 1.77. The molecule has 1 aliphatic carbocycles. The molecule has 1 aliphatic rings. The van der Waals surface area contributed by atoms with Gasteiger partial charge < -0.3 is 0 Å². The van der Waals surface area contributed by atoms with Crippen molar-refractivity contribution in [1.29, 1.82) is 0 Å². The smallest absolute Gasteiger partial charge is 0.247 e. The number of aromatic nitrogens is 2. The first-order chi connectivity index (χ1) is 15.2. The van der Waals surface area contributed by atoms with Crippen LogP contribution in [0.3, 0.4) is 0 Å². The molecule has 1 fully saturated rings. The van der Waals surface area contributed by atoms with Crippen LogP contribution < -0.4 is 0 Å². The summed E-state index contributed by atoms with van der Waals surface area (Å²) in [4.78, 5) is 0.337. The Morgan fingerprint density at radius 3 is 1.88 bits per heavy atom. The van der Waals surface area contributed by atoms with Crippen LogP contribution in [0.25, 0.3) is 0 Å². The summed E-state index contributed by atoms with van der Waals surface area (Å²) in [5, 5.41) is 4.84. The van der Waals surface area contributed by atoms with Crippen LogP contribution in [0.2, 0.25) is 0 Å². The van der Waals surface area contributed by atoms with Crippen molar-refractivity contribution in [2.75, 3.05) is 0 Å². The van der Waals surface area contributed by atoms with E-state index in [0.717, 1.165) is 24.0 Å². The zero-order valence-corrected chi connectivity index (χ0v) is 20.1. The topological polar surface area (TPSA) is 55.2 Å². The lowest BCUT2D eigenvalue weighted by atomic mass is 9.92. The Labute approximate surface area is 192 Å². The van der Waals surface area contributed by atoms with E-state index in [2.05, 4.69) is 0 Å². The number of nitrogens with zero attached hydrogens (tertiary/aromatic N) is 3. The Morgan fingerprint density at radius 2 is 1.41 bits per heavy atom. The third-order valence-corrected chi connectivity index (χ3v) is 7.92. The van der Waals surface area contributed by atoms with Crippen LogP contribution in [0.1, 0.15) is 69.3 Å². The predicted molar refractivity (Wildman–Crippen MR) is 128 cm³/mol. The van der Waals surface area contributed by atoms with E-state index >= 15 is 0 Å². The van der Waals surface area contributed by atoms with Gasteiger partial charge in [0.25, 0.3) is 0 Å². The van der Waals surface area contributed by atoms with E-state index in [1.807, 2.05) is 86.1 Å². The van der Waals surface area contributed by atoms with Gasteiger partial charge >= 0.3 is 0 Å². The van der Waals surface area contributed by atoms with Crippen LogP contribution in [-0.4, -0.2) is 22.5 Å². The molecular formula is C26H33N3O2S. The van der Waals surface area contributed by atoms with Crippen molar-refractivity contribution in [2.45, 2.75) is 75.9 Å². The van der Waals surface area contributed by atoms with Gasteiger partial charge in [0.15, 0.2) is 0 Å². The van der Waals surface area contributed by atoms with E-state index in [1.54, 1.807) is 10.5 Å². The van der Waals surface area contributed by atoms with Crippen molar-refractivity contribution < 1.29 is 8.42 Å². The molecule has 0 radical (unpaired) electrons. The van der Waals surface area contributed by atoms with Gasteiger partial charge in [-0.25, -0.2) is 8.42 Å². The molecular weight excluding hydrogens is 418 g/mol. The van der Waals surface area contributed by atoms with Gasteiger partial charge in [0.1, 0.15) is 4.90 Å². The summed E-state index contributed by atoms with van der Waals surface area (Å²) in [7, 11) is -3.77. The first-order valence-corrected chi connectivity index (χ1v) is 12.9. The molecule has 2 aromatic carbocycles. The van der Waals surface area contributed by atoms with Gasteiger partial charge in [-0.1, -0.05) is 94.3 Å². The summed E-state index contributed by atoms with van der Waals surface area (Å²) in [6, 6.07) is 19.9. The monoisotopic (exact) mass is 451 g/mol. The SMILES string of the molecule is CC(C)(C)c1nn(C2CCCC2)cc1S(=O)(=O)N(Cc1ccccc1)Cc1ccccc1. The van der Waals surface area contributed by atoms with Gasteiger partial charge in [-0.05, 0) is 24.0 Å². The second kappa shape index (κ2) is 9.20. The van der Waals surface area contributed by atoms with Crippen LogP contribution in [0.5, 0.6) is 0 Å². The Bertz CT molecular complexity index is 1090. The molecule has 0 atom stereocenters. The summed E-state index contributed by atoms with van der Waals surface area (Å²) in [5.41, 5.74) is 2.20. The van der Waals surface area contributed by atoms with Gasteiger partial charge in [-0.15, -0.1) is 0 Å². The molecule has 6 heteroatoms. The average Bonchev–Trinajstić information content (AvgIpc) is 3.45. The Kier molecular flexibility index (Phi) is 6.54. The third kappa shape index (κ3) is 4.97. The van der Waals surface area contributed by atoms with Crippen LogP contribution in [0.15, 0.2) is 71.8 Å². The molecule has 0 spiro atoms. The van der Waals surface area contributed by atoms with E-state index in [-0.39, 0.29) is 11.5 Å². The van der Waals surface area contributed by atoms with Gasteiger partial charge in [0, 0.05) is 24.7 Å². The summed E-state index contributed by atoms with van der Waals surface area (Å²) in [6.07, 6.45) is 6.25. The van der Waals surface area contributed by atoms with E-state index < -0.39 is 10.0 Å². The van der Waals surface area contributed by atoms with Gasteiger partial charge in [-0.3, -0.25) is 4.68 Å². The van der Waals surface area contributed by atoms with Gasteiger partial charge in [0.2, 0.25) is 10.0 Å². The van der Waals surface area contributed by atoms with Crippen molar-refractivity contribution >= 4 is 10.0 Å². The molecule has 4 rings (SSSR count). The number of hydrogen-bond donors (Lipinski definition) is 0. The molecule has 32 heavy (non-hydrogen) atoms. The molecule has 1 aromatic heterocycles. The molecule has 0 amide bonds. The van der Waals surface area contributed by atoms with Crippen molar-refractivity contribution in [1.82, 2.24) is 14.1 Å². The lowest BCUT2D eigenvalue weighted by Crippen LogP contribution is -2.32. The second-order valence-electron chi connectivity index (χ2n) is 9.75. The third-order valence-electron chi connectivity index (χ3n) is 6.13. The fraction of sp³-hybridized carbons (Fsp3) is 0.423. The number of rotatable bonds is 7. The number of hydrogen-bond acceptors (Lipinski definition) is 3. The highest BCUT2D eigenvalue weighted by Crippen LogP contribution is 2.35. The first kappa shape index (κ1) is 22.7. The Morgan fingerprint density at radius 1 is 0.906 bits per heavy atom. The maximum absolute atomic E-state index is 14.1.